The first-order chi connectivity index (χ1) is 8.51. The third-order valence-corrected chi connectivity index (χ3v) is 3.04. The van der Waals surface area contributed by atoms with E-state index in [1.807, 2.05) is 6.92 Å². The summed E-state index contributed by atoms with van der Waals surface area (Å²) in [6.45, 7) is 3.63. The highest BCUT2D eigenvalue weighted by atomic mass is 19.2. The third-order valence-electron chi connectivity index (χ3n) is 3.04. The summed E-state index contributed by atoms with van der Waals surface area (Å²) in [6.07, 6.45) is 0.564. The van der Waals surface area contributed by atoms with E-state index in [4.69, 9.17) is 0 Å². The molecule has 0 aliphatic carbocycles. The molecule has 0 saturated carbocycles. The van der Waals surface area contributed by atoms with Crippen LogP contribution in [0.25, 0.3) is 10.9 Å². The zero-order valence-electron chi connectivity index (χ0n) is 10.4. The Morgan fingerprint density at radius 2 is 1.89 bits per heavy atom. The molecular formula is C13H13F3N2. The molecule has 18 heavy (non-hydrogen) atoms. The molecule has 2 aromatic rings. The normalized spacial score (nSPS) is 11.0. The molecule has 1 aromatic carbocycles. The summed E-state index contributed by atoms with van der Waals surface area (Å²) in [5.41, 5.74) is 1.56. The highest BCUT2D eigenvalue weighted by molar-refractivity contribution is 5.94. The maximum atomic E-state index is 13.8. The van der Waals surface area contributed by atoms with E-state index in [1.165, 1.54) is 0 Å². The minimum atomic E-state index is -1.22. The number of rotatable bonds is 2. The summed E-state index contributed by atoms with van der Waals surface area (Å²) >= 11 is 0. The molecule has 0 aliphatic rings. The molecule has 2 nitrogen and oxygen atoms in total. The topological polar surface area (TPSA) is 24.9 Å². The van der Waals surface area contributed by atoms with Crippen LogP contribution >= 0.6 is 0 Å². The average Bonchev–Trinajstić information content (AvgIpc) is 2.35. The highest BCUT2D eigenvalue weighted by Gasteiger charge is 2.19. The molecule has 0 fully saturated rings. The Morgan fingerprint density at radius 1 is 1.22 bits per heavy atom. The molecule has 2 rings (SSSR count). The summed E-state index contributed by atoms with van der Waals surface area (Å²) in [7, 11) is 1.61. The highest BCUT2D eigenvalue weighted by Crippen LogP contribution is 2.32. The number of fused-ring (bicyclic) bond motifs is 1. The molecule has 0 aliphatic heterocycles. The van der Waals surface area contributed by atoms with Crippen LogP contribution in [0.5, 0.6) is 0 Å². The molecule has 0 atom stereocenters. The van der Waals surface area contributed by atoms with Gasteiger partial charge in [-0.2, -0.15) is 0 Å². The number of aromatic nitrogens is 1. The number of benzene rings is 1. The quantitative estimate of drug-likeness (QED) is 0.829. The molecule has 1 heterocycles. The summed E-state index contributed by atoms with van der Waals surface area (Å²) < 4.78 is 40.7. The van der Waals surface area contributed by atoms with Gasteiger partial charge in [-0.15, -0.1) is 0 Å². The lowest BCUT2D eigenvalue weighted by Crippen LogP contribution is -2.04. The average molecular weight is 254 g/mol. The van der Waals surface area contributed by atoms with E-state index in [1.54, 1.807) is 14.0 Å². The summed E-state index contributed by atoms with van der Waals surface area (Å²) in [5.74, 6) is -3.15. The van der Waals surface area contributed by atoms with E-state index < -0.39 is 17.5 Å². The SMILES string of the molecule is CCc1nc2c(F)c(F)cc(F)c2c(NC)c1C. The Bertz CT molecular complexity index is 624. The molecule has 0 saturated heterocycles. The van der Waals surface area contributed by atoms with Crippen molar-refractivity contribution < 1.29 is 13.2 Å². The summed E-state index contributed by atoms with van der Waals surface area (Å²) in [6, 6.07) is 0.547. The van der Waals surface area contributed by atoms with Gasteiger partial charge >= 0.3 is 0 Å². The maximum absolute atomic E-state index is 13.8. The fourth-order valence-corrected chi connectivity index (χ4v) is 2.13. The second-order valence-electron chi connectivity index (χ2n) is 4.04. The Morgan fingerprint density at radius 3 is 2.44 bits per heavy atom. The molecule has 0 amide bonds. The fourth-order valence-electron chi connectivity index (χ4n) is 2.13. The molecule has 1 aromatic heterocycles. The van der Waals surface area contributed by atoms with Gasteiger partial charge in [0.25, 0.3) is 0 Å². The Hall–Kier alpha value is -1.78. The van der Waals surface area contributed by atoms with E-state index in [0.29, 0.717) is 23.9 Å². The molecular weight excluding hydrogens is 241 g/mol. The first-order valence-corrected chi connectivity index (χ1v) is 5.65. The second-order valence-corrected chi connectivity index (χ2v) is 4.04. The number of nitrogens with one attached hydrogen (secondary N) is 1. The van der Waals surface area contributed by atoms with Crippen molar-refractivity contribution in [2.75, 3.05) is 12.4 Å². The van der Waals surface area contributed by atoms with Crippen LogP contribution in [0, 0.1) is 24.4 Å². The number of aryl methyl sites for hydroxylation is 1. The van der Waals surface area contributed by atoms with E-state index in [2.05, 4.69) is 10.3 Å². The zero-order chi connectivity index (χ0) is 13.4. The standard InChI is InChI=1S/C13H13F3N2/c1-4-9-6(2)12(17-3)10-7(14)5-8(15)11(16)13(10)18-9/h5H,4H2,1-3H3,(H,17,18). The minimum Gasteiger partial charge on any atom is -0.387 e. The molecule has 0 radical (unpaired) electrons. The van der Waals surface area contributed by atoms with Crippen molar-refractivity contribution in [3.8, 4) is 0 Å². The number of nitrogens with zero attached hydrogens (tertiary/aromatic N) is 1. The van der Waals surface area contributed by atoms with Crippen LogP contribution in [0.1, 0.15) is 18.2 Å². The van der Waals surface area contributed by atoms with E-state index in [9.17, 15) is 13.2 Å². The zero-order valence-corrected chi connectivity index (χ0v) is 10.4. The lowest BCUT2D eigenvalue weighted by atomic mass is 10.0. The van der Waals surface area contributed by atoms with Crippen LogP contribution in [-0.2, 0) is 6.42 Å². The van der Waals surface area contributed by atoms with Gasteiger partial charge in [0, 0.05) is 18.8 Å². The van der Waals surface area contributed by atoms with Gasteiger partial charge in [0.15, 0.2) is 11.6 Å². The first-order valence-electron chi connectivity index (χ1n) is 5.65. The van der Waals surface area contributed by atoms with Gasteiger partial charge in [-0.05, 0) is 18.9 Å². The van der Waals surface area contributed by atoms with E-state index in [-0.39, 0.29) is 10.9 Å². The van der Waals surface area contributed by atoms with Crippen LogP contribution < -0.4 is 5.32 Å². The van der Waals surface area contributed by atoms with Crippen molar-refractivity contribution in [2.24, 2.45) is 0 Å². The van der Waals surface area contributed by atoms with Gasteiger partial charge in [0.1, 0.15) is 11.3 Å². The third kappa shape index (κ3) is 1.70. The number of pyridine rings is 1. The van der Waals surface area contributed by atoms with Crippen molar-refractivity contribution in [3.63, 3.8) is 0 Å². The largest absolute Gasteiger partial charge is 0.387 e. The first kappa shape index (κ1) is 12.7. The van der Waals surface area contributed by atoms with Crippen LogP contribution in [0.2, 0.25) is 0 Å². The summed E-state index contributed by atoms with van der Waals surface area (Å²) in [4.78, 5) is 4.03. The molecule has 0 bridgehead atoms. The fraction of sp³-hybridized carbons (Fsp3) is 0.308. The van der Waals surface area contributed by atoms with Crippen molar-refractivity contribution in [1.29, 1.82) is 0 Å². The number of anilines is 1. The van der Waals surface area contributed by atoms with Gasteiger partial charge in [0.05, 0.1) is 11.1 Å². The lowest BCUT2D eigenvalue weighted by Gasteiger charge is -2.14. The predicted molar refractivity (Wildman–Crippen MR) is 65.3 cm³/mol. The Balaban J connectivity index is 3.01. The number of hydrogen-bond acceptors (Lipinski definition) is 2. The Labute approximate surface area is 103 Å². The van der Waals surface area contributed by atoms with Crippen molar-refractivity contribution in [3.05, 3.63) is 34.8 Å². The predicted octanol–water partition coefficient (Wildman–Crippen LogP) is 3.56. The van der Waals surface area contributed by atoms with Crippen LogP contribution in [-0.4, -0.2) is 12.0 Å². The number of hydrogen-bond donors (Lipinski definition) is 1. The maximum Gasteiger partial charge on any atom is 0.185 e. The lowest BCUT2D eigenvalue weighted by molar-refractivity contribution is 0.504. The second kappa shape index (κ2) is 4.48. The Kier molecular flexibility index (Phi) is 3.15. The van der Waals surface area contributed by atoms with Gasteiger partial charge in [0.2, 0.25) is 0 Å². The van der Waals surface area contributed by atoms with Gasteiger partial charge in [-0.3, -0.25) is 0 Å². The van der Waals surface area contributed by atoms with E-state index >= 15 is 0 Å². The van der Waals surface area contributed by atoms with Gasteiger partial charge < -0.3 is 5.32 Å². The van der Waals surface area contributed by atoms with E-state index in [0.717, 1.165) is 5.56 Å². The molecule has 5 heteroatoms. The molecule has 1 N–H and O–H groups in total. The molecule has 0 unspecified atom stereocenters. The van der Waals surface area contributed by atoms with Gasteiger partial charge in [-0.1, -0.05) is 6.92 Å². The van der Waals surface area contributed by atoms with Crippen LogP contribution in [0.4, 0.5) is 18.9 Å². The van der Waals surface area contributed by atoms with Crippen molar-refractivity contribution in [1.82, 2.24) is 4.98 Å². The number of halogens is 3. The monoisotopic (exact) mass is 254 g/mol. The molecule has 0 spiro atoms. The minimum absolute atomic E-state index is 0.00824. The smallest absolute Gasteiger partial charge is 0.185 e. The van der Waals surface area contributed by atoms with Crippen molar-refractivity contribution in [2.45, 2.75) is 20.3 Å². The molecule has 96 valence electrons. The summed E-state index contributed by atoms with van der Waals surface area (Å²) in [5, 5.41) is 2.82. The van der Waals surface area contributed by atoms with Gasteiger partial charge in [-0.25, -0.2) is 18.2 Å². The van der Waals surface area contributed by atoms with Crippen molar-refractivity contribution >= 4 is 16.6 Å². The van der Waals surface area contributed by atoms with Crippen LogP contribution in [0.15, 0.2) is 6.07 Å². The van der Waals surface area contributed by atoms with Crippen LogP contribution in [0.3, 0.4) is 0 Å².